The summed E-state index contributed by atoms with van der Waals surface area (Å²) in [4.78, 5) is 65.6. The molecule has 22 heteroatoms. The Morgan fingerprint density at radius 3 is 1.54 bits per heavy atom. The molecule has 6 aromatic carbocycles. The number of hydrogen-bond donors (Lipinski definition) is 0. The normalized spacial score (nSPS) is 23.0. The zero-order valence-corrected chi connectivity index (χ0v) is 52.8. The average molecular weight is 1400 g/mol. The molecule has 12 nitrogen and oxygen atoms in total. The maximum Gasteiger partial charge on any atom is 0.416 e. The molecule has 10 rings (SSSR count). The van der Waals surface area contributed by atoms with Gasteiger partial charge in [-0.1, -0.05) is 149 Å². The van der Waals surface area contributed by atoms with Crippen LogP contribution in [0.25, 0.3) is 22.3 Å². The number of likely N-dealkylation sites (N-methyl/N-ethyl adjacent to an activating group) is 2. The van der Waals surface area contributed by atoms with E-state index in [1.165, 1.54) is 27.7 Å². The predicted molar refractivity (Wildman–Crippen MR) is 362 cm³/mol. The average Bonchev–Trinajstić information content (AvgIpc) is 1.52. The van der Waals surface area contributed by atoms with Crippen LogP contribution in [0.15, 0.2) is 159 Å². The molecular formula is C74H80F8N8O4S2. The Kier molecular flexibility index (Phi) is 12.4. The lowest BCUT2D eigenvalue weighted by molar-refractivity contribution is -0.138. The lowest BCUT2D eigenvalue weighted by Crippen LogP contribution is -2.40. The number of benzene rings is 6. The number of amides is 2. The highest BCUT2D eigenvalue weighted by Gasteiger charge is 2.33. The van der Waals surface area contributed by atoms with E-state index in [-0.39, 0.29) is 83.0 Å². The van der Waals surface area contributed by atoms with Crippen LogP contribution in [0.4, 0.5) is 35.1 Å². The third-order valence-corrected chi connectivity index (χ3v) is 15.0. The van der Waals surface area contributed by atoms with Gasteiger partial charge in [0, 0.05) is 90.7 Å². The van der Waals surface area contributed by atoms with Crippen molar-refractivity contribution < 1.29 is 99.5 Å². The molecule has 2 amide bonds. The van der Waals surface area contributed by atoms with Gasteiger partial charge in [0.2, 0.25) is 11.8 Å². The summed E-state index contributed by atoms with van der Waals surface area (Å²) in [6.45, 7) is -25.7. The second-order valence-corrected chi connectivity index (χ2v) is 21.5. The summed E-state index contributed by atoms with van der Waals surface area (Å²) in [5.74, 6) is -11.3. The SMILES string of the molecule is [2H]c1c([2H])c(C([2H])([2H])Sc2nc(=O)c3c(n2C([2H])([2H])C(=O)N(C([2H])([2H])c2c([2H])c([2H])c(-c4c([2H])c([2H])c(C(F)(F)F)c([2H])c4[2H])c([2H])c2C)C([2H])([2H])C([2H])([2H])N(CC)CC)CCC3)c([2H])c([2H])c1F.[2H]c1c([2H])c(C([2H])([2H])Sc2nc(=O)c3c(n2C([2H])([2H])C(=O)N(C([2H])([2H])c2ccc(-c4ccc(C(F)(F)F)cc4)cc2)C([2H])([2H])C([2H])([2H])N(CC)CC)C([2H])([2H])C([2H])(C)C3([2H])[2H])c([2H])c([2H])c1F. The first-order valence-corrected chi connectivity index (χ1v) is 30.2. The molecule has 0 saturated carbocycles. The Hall–Kier alpha value is -7.92. The summed E-state index contributed by atoms with van der Waals surface area (Å²) in [6, 6.07) is -12.8. The van der Waals surface area contributed by atoms with Crippen LogP contribution in [-0.4, -0.2) is 103 Å². The van der Waals surface area contributed by atoms with Crippen molar-refractivity contribution in [2.24, 2.45) is 5.89 Å². The van der Waals surface area contributed by atoms with E-state index in [0.29, 0.717) is 6.92 Å². The quantitative estimate of drug-likeness (QED) is 0.0295. The number of rotatable bonds is 26. The second kappa shape index (κ2) is 32.9. The van der Waals surface area contributed by atoms with Gasteiger partial charge >= 0.3 is 12.4 Å². The van der Waals surface area contributed by atoms with Gasteiger partial charge in [-0.05, 0) is 169 Å². The fourth-order valence-corrected chi connectivity index (χ4v) is 9.92. The van der Waals surface area contributed by atoms with Crippen LogP contribution in [0.3, 0.4) is 0 Å². The molecule has 0 spiro atoms. The fraction of sp³-hybridized carbons (Fsp3) is 0.378. The minimum atomic E-state index is -5.42. The van der Waals surface area contributed by atoms with E-state index in [9.17, 15) is 61.2 Å². The summed E-state index contributed by atoms with van der Waals surface area (Å²) < 4.78 is 462. The van der Waals surface area contributed by atoms with Crippen molar-refractivity contribution in [2.75, 3.05) is 52.2 Å². The summed E-state index contributed by atoms with van der Waals surface area (Å²) >= 11 is -0.759. The first-order valence-electron chi connectivity index (χ1n) is 48.6. The lowest BCUT2D eigenvalue weighted by Gasteiger charge is -2.28. The molecule has 0 N–H and O–H groups in total. The molecule has 0 bridgehead atoms. The number of hydrogen-bond acceptors (Lipinski definition) is 10. The van der Waals surface area contributed by atoms with E-state index in [1.807, 2.05) is 0 Å². The molecule has 96 heavy (non-hydrogen) atoms. The largest absolute Gasteiger partial charge is 0.416 e. The first kappa shape index (κ1) is 36.1. The predicted octanol–water partition coefficient (Wildman–Crippen LogP) is 15.0. The highest BCUT2D eigenvalue weighted by molar-refractivity contribution is 7.98. The molecule has 2 heterocycles. The van der Waals surface area contributed by atoms with E-state index in [1.54, 1.807) is 0 Å². The van der Waals surface area contributed by atoms with E-state index in [4.69, 9.17) is 38.4 Å². The highest BCUT2D eigenvalue weighted by atomic mass is 32.2. The van der Waals surface area contributed by atoms with Crippen molar-refractivity contribution in [1.29, 1.82) is 0 Å². The Morgan fingerprint density at radius 1 is 0.573 bits per heavy atom. The van der Waals surface area contributed by atoms with Crippen LogP contribution in [0.1, 0.15) is 157 Å². The Labute approximate surface area is 620 Å². The van der Waals surface area contributed by atoms with E-state index < -0.39 is 318 Å². The molecule has 0 aliphatic heterocycles. The van der Waals surface area contributed by atoms with Gasteiger partial charge < -0.3 is 28.7 Å². The van der Waals surface area contributed by atoms with E-state index >= 15 is 9.59 Å². The van der Waals surface area contributed by atoms with Crippen molar-refractivity contribution in [2.45, 2.75) is 134 Å². The van der Waals surface area contributed by atoms with E-state index in [2.05, 4.69) is 9.97 Å². The van der Waals surface area contributed by atoms with Crippen LogP contribution in [0.5, 0.6) is 0 Å². The van der Waals surface area contributed by atoms with Gasteiger partial charge in [0.1, 0.15) is 24.6 Å². The number of alkyl halides is 6. The Bertz CT molecular complexity index is 6150. The molecule has 2 aliphatic rings. The maximum atomic E-state index is 15.3. The number of nitrogens with zero attached hydrogens (tertiary/aromatic N) is 8. The monoisotopic (exact) mass is 1400 g/mol. The van der Waals surface area contributed by atoms with Crippen molar-refractivity contribution in [3.05, 3.63) is 233 Å². The molecule has 8 aromatic rings. The summed E-state index contributed by atoms with van der Waals surface area (Å²) in [7, 11) is 0. The van der Waals surface area contributed by atoms with Gasteiger partial charge in [-0.15, -0.1) is 0 Å². The van der Waals surface area contributed by atoms with Crippen molar-refractivity contribution in [3.63, 3.8) is 0 Å². The Balaban J connectivity index is 0.000000305. The Morgan fingerprint density at radius 2 is 1.04 bits per heavy atom. The third kappa shape index (κ3) is 19.0. The standard InChI is InChI=1S/2C37H40F4N4O2S/c1-4-43(5-2)18-19-44(22-26-6-10-28(11-7-26)29-12-14-30(15-13-29)37(39,40)41)34(46)23-45-33-21-25(3)20-32(33)35(47)42-36(45)48-24-27-8-16-31(38)17-9-27;1-4-43(5-2)19-20-44(22-29-12-11-28(21-25(29)3)27-13-15-30(16-14-27)37(39,40)41)34(46)23-45-33-8-6-7-32(33)35(47)42-36(45)48-24-26-9-17-31(38)18-10-26/h6-17,25H,4-5,18-24H2,1-3H3;9-18,21H,4-8,19-20,22-24H2,1-3H3/i8D,9D,16D,17D,18D2,19D2,20D2,21D2,22D2,23D2,24D2,25D;9D,10D,11D,12D,13D,14D,15D,16D,17D,18D,19D2,20D2,21D,22D2,23D2,24D2. The zero-order chi connectivity index (χ0) is 104. The highest BCUT2D eigenvalue weighted by Crippen LogP contribution is 2.35. The number of carbonyl (C=O) groups is 2. The van der Waals surface area contributed by atoms with Crippen LogP contribution >= 0.6 is 23.5 Å². The lowest BCUT2D eigenvalue weighted by atomic mass is 9.98. The number of fused-ring (bicyclic) bond motifs is 2. The molecule has 0 saturated heterocycles. The van der Waals surface area contributed by atoms with Gasteiger partial charge in [-0.3, -0.25) is 19.2 Å². The van der Waals surface area contributed by atoms with Crippen LogP contribution in [0, 0.1) is 24.5 Å². The summed E-state index contributed by atoms with van der Waals surface area (Å²) in [5.41, 5.74) is -23.2. The number of thioether (sulfide) groups is 2. The first-order chi connectivity index (χ1) is 61.6. The third-order valence-electron chi connectivity index (χ3n) is 13.5. The smallest absolute Gasteiger partial charge is 0.336 e. The molecule has 2 aliphatic carbocycles. The second-order valence-electron chi connectivity index (χ2n) is 19.9. The van der Waals surface area contributed by atoms with E-state index in [0.717, 1.165) is 65.3 Å². The topological polar surface area (TPSA) is 117 Å². The van der Waals surface area contributed by atoms with Gasteiger partial charge in [-0.25, -0.2) is 8.78 Å². The molecule has 1 unspecified atom stereocenters. The molecule has 0 fully saturated rings. The molecule has 508 valence electrons. The fourth-order valence-electron chi connectivity index (χ4n) is 8.60. The van der Waals surface area contributed by atoms with Gasteiger partial charge in [-0.2, -0.15) is 36.3 Å². The van der Waals surface area contributed by atoms with Crippen LogP contribution in [0.2, 0.25) is 0 Å². The molecule has 0 radical (unpaired) electrons. The van der Waals surface area contributed by atoms with Crippen LogP contribution in [-0.2, 0) is 84.9 Å². The van der Waals surface area contributed by atoms with Crippen molar-refractivity contribution in [3.8, 4) is 22.3 Å². The van der Waals surface area contributed by atoms with Crippen molar-refractivity contribution >= 4 is 35.3 Å². The molecular weight excluding hydrogens is 1280 g/mol. The number of aromatic nitrogens is 4. The number of carbonyl (C=O) groups excluding carboxylic acids is 2. The van der Waals surface area contributed by atoms with Crippen LogP contribution < -0.4 is 11.1 Å². The number of halogens is 8. The summed E-state index contributed by atoms with van der Waals surface area (Å²) in [6.07, 6.45) is -17.5. The molecule has 2 aromatic heterocycles. The van der Waals surface area contributed by atoms with Gasteiger partial charge in [0.05, 0.1) is 48.1 Å². The minimum Gasteiger partial charge on any atom is -0.336 e. The minimum absolute atomic E-state index is 0.0677. The van der Waals surface area contributed by atoms with Gasteiger partial charge in [0.15, 0.2) is 10.3 Å². The maximum absolute atomic E-state index is 15.3. The van der Waals surface area contributed by atoms with Gasteiger partial charge in [0.25, 0.3) is 11.1 Å². The van der Waals surface area contributed by atoms with Crippen molar-refractivity contribution in [1.82, 2.24) is 38.7 Å². The zero-order valence-electron chi connectivity index (χ0n) is 91.1. The molecule has 1 atom stereocenters. The summed E-state index contributed by atoms with van der Waals surface area (Å²) in [5, 5.41) is -2.56.